The molecule has 5 nitrogen and oxygen atoms in total. The summed E-state index contributed by atoms with van der Waals surface area (Å²) in [5.74, 6) is 1.51. The molecular formula is C11H10N2O3. The van der Waals surface area contributed by atoms with Gasteiger partial charge >= 0.3 is 0 Å². The van der Waals surface area contributed by atoms with Crippen molar-refractivity contribution in [1.29, 1.82) is 0 Å². The first kappa shape index (κ1) is 10.4. The van der Waals surface area contributed by atoms with Gasteiger partial charge in [0.15, 0.2) is 6.61 Å². The minimum atomic E-state index is 0.198. The van der Waals surface area contributed by atoms with Crippen molar-refractivity contribution in [3.63, 3.8) is 0 Å². The van der Waals surface area contributed by atoms with Gasteiger partial charge in [0.05, 0.1) is 0 Å². The van der Waals surface area contributed by atoms with Gasteiger partial charge in [0.1, 0.15) is 12.0 Å². The first-order chi connectivity index (χ1) is 7.78. The second-order valence-electron chi connectivity index (χ2n) is 3.19. The van der Waals surface area contributed by atoms with Crippen LogP contribution >= 0.6 is 0 Å². The number of nitrogens with zero attached hydrogens (tertiary/aromatic N) is 2. The predicted octanol–water partition coefficient (Wildman–Crippen LogP) is 1.77. The second kappa shape index (κ2) is 4.57. The summed E-state index contributed by atoms with van der Waals surface area (Å²) in [7, 11) is 0. The van der Waals surface area contributed by atoms with Crippen molar-refractivity contribution >= 4 is 6.29 Å². The Morgan fingerprint density at radius 2 is 2.31 bits per heavy atom. The molecule has 1 aromatic carbocycles. The number of carbonyl (C=O) groups excluding carboxylic acids is 1. The van der Waals surface area contributed by atoms with Gasteiger partial charge < -0.3 is 9.15 Å². The molecule has 0 bridgehead atoms. The van der Waals surface area contributed by atoms with Crippen LogP contribution in [-0.2, 0) is 6.61 Å². The van der Waals surface area contributed by atoms with Crippen LogP contribution in [0.1, 0.15) is 22.1 Å². The first-order valence-corrected chi connectivity index (χ1v) is 4.75. The van der Waals surface area contributed by atoms with Crippen molar-refractivity contribution in [1.82, 2.24) is 10.2 Å². The van der Waals surface area contributed by atoms with Crippen LogP contribution in [-0.4, -0.2) is 16.5 Å². The van der Waals surface area contributed by atoms with Gasteiger partial charge in [-0.05, 0) is 12.1 Å². The highest BCUT2D eigenvalue weighted by molar-refractivity contribution is 5.75. The summed E-state index contributed by atoms with van der Waals surface area (Å²) in [5, 5.41) is 7.47. The Balaban J connectivity index is 2.01. The van der Waals surface area contributed by atoms with Gasteiger partial charge in [-0.25, -0.2) is 0 Å². The lowest BCUT2D eigenvalue weighted by Crippen LogP contribution is -1.96. The average Bonchev–Trinajstić information content (AvgIpc) is 2.73. The van der Waals surface area contributed by atoms with Crippen LogP contribution in [0.15, 0.2) is 28.7 Å². The fourth-order valence-corrected chi connectivity index (χ4v) is 1.22. The van der Waals surface area contributed by atoms with Gasteiger partial charge in [0.25, 0.3) is 5.89 Å². The van der Waals surface area contributed by atoms with Crippen LogP contribution < -0.4 is 4.74 Å². The summed E-state index contributed by atoms with van der Waals surface area (Å²) in [6.45, 7) is 1.91. The monoisotopic (exact) mass is 218 g/mol. The Bertz CT molecular complexity index is 493. The van der Waals surface area contributed by atoms with E-state index in [4.69, 9.17) is 9.15 Å². The molecule has 0 saturated heterocycles. The molecule has 0 unspecified atom stereocenters. The Morgan fingerprint density at radius 3 is 3.00 bits per heavy atom. The molecule has 16 heavy (non-hydrogen) atoms. The molecule has 0 aliphatic rings. The molecule has 2 rings (SSSR count). The molecule has 0 aliphatic carbocycles. The van der Waals surface area contributed by atoms with E-state index in [0.29, 0.717) is 23.1 Å². The van der Waals surface area contributed by atoms with Gasteiger partial charge in [-0.3, -0.25) is 4.79 Å². The fraction of sp³-hybridized carbons (Fsp3) is 0.182. The van der Waals surface area contributed by atoms with E-state index in [1.54, 1.807) is 31.2 Å². The third kappa shape index (κ3) is 2.44. The molecule has 1 aromatic heterocycles. The highest BCUT2D eigenvalue weighted by Crippen LogP contribution is 2.13. The van der Waals surface area contributed by atoms with Crippen molar-refractivity contribution in [2.75, 3.05) is 0 Å². The Morgan fingerprint density at radius 1 is 1.44 bits per heavy atom. The molecular weight excluding hydrogens is 208 g/mol. The Kier molecular flexibility index (Phi) is 2.95. The zero-order valence-corrected chi connectivity index (χ0v) is 8.71. The van der Waals surface area contributed by atoms with Crippen LogP contribution in [0.3, 0.4) is 0 Å². The minimum absolute atomic E-state index is 0.198. The Hall–Kier alpha value is -2.17. The second-order valence-corrected chi connectivity index (χ2v) is 3.19. The van der Waals surface area contributed by atoms with Gasteiger partial charge in [-0.2, -0.15) is 0 Å². The quantitative estimate of drug-likeness (QED) is 0.731. The lowest BCUT2D eigenvalue weighted by atomic mass is 10.2. The normalized spacial score (nSPS) is 10.1. The smallest absolute Gasteiger partial charge is 0.253 e. The van der Waals surface area contributed by atoms with Gasteiger partial charge in [-0.15, -0.1) is 10.2 Å². The van der Waals surface area contributed by atoms with E-state index in [2.05, 4.69) is 10.2 Å². The van der Waals surface area contributed by atoms with E-state index < -0.39 is 0 Å². The van der Waals surface area contributed by atoms with Crippen LogP contribution in [0.2, 0.25) is 0 Å². The van der Waals surface area contributed by atoms with E-state index in [9.17, 15) is 4.79 Å². The number of aryl methyl sites for hydroxylation is 1. The summed E-state index contributed by atoms with van der Waals surface area (Å²) in [6.07, 6.45) is 0.768. The SMILES string of the molecule is Cc1nnc(COc2cccc(C=O)c2)o1. The maximum Gasteiger partial charge on any atom is 0.253 e. The van der Waals surface area contributed by atoms with Gasteiger partial charge in [0.2, 0.25) is 5.89 Å². The number of aldehydes is 1. The molecule has 0 fully saturated rings. The number of rotatable bonds is 4. The summed E-state index contributed by atoms with van der Waals surface area (Å²) in [6, 6.07) is 6.86. The third-order valence-corrected chi connectivity index (χ3v) is 1.92. The number of benzene rings is 1. The number of hydrogen-bond acceptors (Lipinski definition) is 5. The highest BCUT2D eigenvalue weighted by Gasteiger charge is 2.03. The molecule has 2 aromatic rings. The minimum Gasteiger partial charge on any atom is -0.484 e. The van der Waals surface area contributed by atoms with Gasteiger partial charge in [-0.1, -0.05) is 12.1 Å². The summed E-state index contributed by atoms with van der Waals surface area (Å²) in [5.41, 5.74) is 0.569. The number of hydrogen-bond donors (Lipinski definition) is 0. The van der Waals surface area contributed by atoms with E-state index in [-0.39, 0.29) is 6.61 Å². The van der Waals surface area contributed by atoms with Crippen molar-refractivity contribution in [2.24, 2.45) is 0 Å². The van der Waals surface area contributed by atoms with Crippen LogP contribution in [0.5, 0.6) is 5.75 Å². The molecule has 0 saturated carbocycles. The number of aromatic nitrogens is 2. The molecule has 0 N–H and O–H groups in total. The van der Waals surface area contributed by atoms with Crippen molar-refractivity contribution < 1.29 is 13.9 Å². The molecule has 0 atom stereocenters. The zero-order chi connectivity index (χ0) is 11.4. The van der Waals surface area contributed by atoms with Crippen LogP contribution in [0.4, 0.5) is 0 Å². The lowest BCUT2D eigenvalue weighted by Gasteiger charge is -2.02. The topological polar surface area (TPSA) is 65.2 Å². The molecule has 82 valence electrons. The van der Waals surface area contributed by atoms with Gasteiger partial charge in [0, 0.05) is 12.5 Å². The molecule has 5 heteroatoms. The molecule has 0 amide bonds. The predicted molar refractivity (Wildman–Crippen MR) is 55.2 cm³/mol. The maximum atomic E-state index is 10.5. The fourth-order valence-electron chi connectivity index (χ4n) is 1.22. The van der Waals surface area contributed by atoms with E-state index in [0.717, 1.165) is 6.29 Å². The lowest BCUT2D eigenvalue weighted by molar-refractivity contribution is 0.112. The van der Waals surface area contributed by atoms with Crippen molar-refractivity contribution in [3.05, 3.63) is 41.6 Å². The summed E-state index contributed by atoms with van der Waals surface area (Å²) in [4.78, 5) is 10.5. The number of carbonyl (C=O) groups is 1. The first-order valence-electron chi connectivity index (χ1n) is 4.75. The summed E-state index contributed by atoms with van der Waals surface area (Å²) >= 11 is 0. The van der Waals surface area contributed by atoms with E-state index >= 15 is 0 Å². The standard InChI is InChI=1S/C11H10N2O3/c1-8-12-13-11(16-8)7-15-10-4-2-3-9(5-10)6-14/h2-6H,7H2,1H3. The molecule has 0 radical (unpaired) electrons. The molecule has 0 aliphatic heterocycles. The zero-order valence-electron chi connectivity index (χ0n) is 8.71. The average molecular weight is 218 g/mol. The summed E-state index contributed by atoms with van der Waals surface area (Å²) < 4.78 is 10.5. The van der Waals surface area contributed by atoms with Crippen molar-refractivity contribution in [2.45, 2.75) is 13.5 Å². The molecule has 0 spiro atoms. The van der Waals surface area contributed by atoms with Crippen LogP contribution in [0, 0.1) is 6.92 Å². The van der Waals surface area contributed by atoms with Crippen molar-refractivity contribution in [3.8, 4) is 5.75 Å². The third-order valence-electron chi connectivity index (χ3n) is 1.92. The maximum absolute atomic E-state index is 10.5. The highest BCUT2D eigenvalue weighted by atomic mass is 16.5. The van der Waals surface area contributed by atoms with E-state index in [1.165, 1.54) is 0 Å². The van der Waals surface area contributed by atoms with Crippen LogP contribution in [0.25, 0.3) is 0 Å². The number of ether oxygens (including phenoxy) is 1. The van der Waals surface area contributed by atoms with E-state index in [1.807, 2.05) is 0 Å². The molecule has 1 heterocycles. The largest absolute Gasteiger partial charge is 0.484 e. The Labute approximate surface area is 92.1 Å².